The lowest BCUT2D eigenvalue weighted by molar-refractivity contribution is 0.0868. The summed E-state index contributed by atoms with van der Waals surface area (Å²) in [6, 6.07) is 25.7. The zero-order valence-corrected chi connectivity index (χ0v) is 28.1. The summed E-state index contributed by atoms with van der Waals surface area (Å²) in [7, 11) is 4.12. The molecule has 3 atom stereocenters. The number of carbonyl (C=O) groups is 1. The lowest BCUT2D eigenvalue weighted by Gasteiger charge is -2.15. The third-order valence-corrected chi connectivity index (χ3v) is 8.65. The van der Waals surface area contributed by atoms with Gasteiger partial charge < -0.3 is 26.0 Å². The first-order valence-corrected chi connectivity index (χ1v) is 16.8. The zero-order valence-electron chi connectivity index (χ0n) is 28.1. The van der Waals surface area contributed by atoms with Gasteiger partial charge in [0.05, 0.1) is 23.2 Å². The van der Waals surface area contributed by atoms with Crippen molar-refractivity contribution in [3.05, 3.63) is 107 Å². The SMILES string of the molecule is CCCC(C)Nc1nc(NCCCN(C)C)nc(Nc2ccc(Cc3ccc4c(c3)C(=O)C(c3ccc5ccccc5n3)C4O)cc2)n1. The predicted molar refractivity (Wildman–Crippen MR) is 192 cm³/mol. The van der Waals surface area contributed by atoms with E-state index < -0.39 is 12.0 Å². The fourth-order valence-electron chi connectivity index (χ4n) is 6.19. The van der Waals surface area contributed by atoms with E-state index >= 15 is 0 Å². The Morgan fingerprint density at radius 1 is 0.875 bits per heavy atom. The highest BCUT2D eigenvalue weighted by atomic mass is 16.3. The molecule has 0 aliphatic heterocycles. The number of rotatable bonds is 14. The second-order valence-electron chi connectivity index (χ2n) is 12.9. The lowest BCUT2D eigenvalue weighted by atomic mass is 9.97. The van der Waals surface area contributed by atoms with Crippen LogP contribution in [0.15, 0.2) is 78.9 Å². The van der Waals surface area contributed by atoms with E-state index in [4.69, 9.17) is 4.98 Å². The molecule has 0 amide bonds. The number of pyridine rings is 1. The number of aromatic nitrogens is 4. The number of fused-ring (bicyclic) bond motifs is 2. The average Bonchev–Trinajstić information content (AvgIpc) is 3.32. The van der Waals surface area contributed by atoms with E-state index in [1.54, 1.807) is 0 Å². The Balaban J connectivity index is 1.13. The van der Waals surface area contributed by atoms with Gasteiger partial charge in [-0.05, 0) is 93.8 Å². The molecule has 4 N–H and O–H groups in total. The van der Waals surface area contributed by atoms with Gasteiger partial charge in [0.2, 0.25) is 17.8 Å². The Kier molecular flexibility index (Phi) is 10.2. The van der Waals surface area contributed by atoms with Crippen LogP contribution in [0.2, 0.25) is 0 Å². The summed E-state index contributed by atoms with van der Waals surface area (Å²) in [5.41, 5.74) is 5.58. The average molecular weight is 645 g/mol. The molecule has 3 aromatic carbocycles. The van der Waals surface area contributed by atoms with Gasteiger partial charge in [-0.2, -0.15) is 15.0 Å². The minimum Gasteiger partial charge on any atom is -0.387 e. The van der Waals surface area contributed by atoms with E-state index in [-0.39, 0.29) is 11.8 Å². The molecule has 10 nitrogen and oxygen atoms in total. The topological polar surface area (TPSA) is 128 Å². The Labute approximate surface area is 282 Å². The lowest BCUT2D eigenvalue weighted by Crippen LogP contribution is -2.20. The molecular weight excluding hydrogens is 600 g/mol. The van der Waals surface area contributed by atoms with Crippen molar-refractivity contribution in [3.8, 4) is 0 Å². The van der Waals surface area contributed by atoms with Gasteiger partial charge in [-0.15, -0.1) is 0 Å². The van der Waals surface area contributed by atoms with Crippen LogP contribution in [0.25, 0.3) is 10.9 Å². The van der Waals surface area contributed by atoms with Crippen LogP contribution < -0.4 is 16.0 Å². The van der Waals surface area contributed by atoms with Crippen LogP contribution >= 0.6 is 0 Å². The summed E-state index contributed by atoms with van der Waals surface area (Å²) < 4.78 is 0. The summed E-state index contributed by atoms with van der Waals surface area (Å²) in [5, 5.41) is 22.2. The van der Waals surface area contributed by atoms with Gasteiger partial charge in [0, 0.05) is 29.2 Å². The first-order chi connectivity index (χ1) is 23.3. The number of para-hydroxylation sites is 1. The molecule has 2 aromatic heterocycles. The van der Waals surface area contributed by atoms with Crippen molar-refractivity contribution in [1.82, 2.24) is 24.8 Å². The van der Waals surface area contributed by atoms with E-state index in [2.05, 4.69) is 75.9 Å². The molecule has 2 heterocycles. The van der Waals surface area contributed by atoms with Gasteiger partial charge in [-0.1, -0.05) is 61.9 Å². The first kappa shape index (κ1) is 33.0. The largest absolute Gasteiger partial charge is 0.387 e. The van der Waals surface area contributed by atoms with Crippen LogP contribution in [0.4, 0.5) is 23.5 Å². The maximum Gasteiger partial charge on any atom is 0.233 e. The monoisotopic (exact) mass is 644 g/mol. The van der Waals surface area contributed by atoms with Gasteiger partial charge in [0.1, 0.15) is 0 Å². The molecule has 248 valence electrons. The second-order valence-corrected chi connectivity index (χ2v) is 12.9. The second kappa shape index (κ2) is 14.9. The van der Waals surface area contributed by atoms with Crippen molar-refractivity contribution in [2.24, 2.45) is 0 Å². The minimum atomic E-state index is -0.921. The van der Waals surface area contributed by atoms with Crippen LogP contribution in [0.1, 0.15) is 77.9 Å². The highest BCUT2D eigenvalue weighted by Gasteiger charge is 2.40. The number of hydrogen-bond donors (Lipinski definition) is 4. The van der Waals surface area contributed by atoms with Crippen LogP contribution in [0.5, 0.6) is 0 Å². The maximum atomic E-state index is 13.6. The highest BCUT2D eigenvalue weighted by Crippen LogP contribution is 2.42. The van der Waals surface area contributed by atoms with Gasteiger partial charge >= 0.3 is 0 Å². The van der Waals surface area contributed by atoms with Gasteiger partial charge in [-0.3, -0.25) is 9.78 Å². The number of Topliss-reactive ketones (excluding diaryl/α,β-unsaturated/α-hetero) is 1. The third kappa shape index (κ3) is 7.78. The van der Waals surface area contributed by atoms with Gasteiger partial charge in [0.25, 0.3) is 0 Å². The first-order valence-electron chi connectivity index (χ1n) is 16.8. The number of nitrogens with one attached hydrogen (secondary N) is 3. The number of anilines is 4. The summed E-state index contributed by atoms with van der Waals surface area (Å²) in [6.07, 6.45) is 2.78. The van der Waals surface area contributed by atoms with Crippen molar-refractivity contribution in [1.29, 1.82) is 0 Å². The number of ketones is 1. The highest BCUT2D eigenvalue weighted by molar-refractivity contribution is 6.06. The molecule has 5 aromatic rings. The fraction of sp³-hybridized carbons (Fsp3) is 0.342. The molecule has 6 rings (SSSR count). The molecule has 0 saturated heterocycles. The molecule has 3 unspecified atom stereocenters. The number of carbonyl (C=O) groups excluding carboxylic acids is 1. The van der Waals surface area contributed by atoms with Gasteiger partial charge in [-0.25, -0.2) is 0 Å². The fourth-order valence-corrected chi connectivity index (χ4v) is 6.19. The van der Waals surface area contributed by atoms with Crippen LogP contribution in [0.3, 0.4) is 0 Å². The molecule has 0 bridgehead atoms. The Hall–Kier alpha value is -4.93. The normalized spacial score (nSPS) is 16.2. The zero-order chi connectivity index (χ0) is 33.6. The Morgan fingerprint density at radius 3 is 2.42 bits per heavy atom. The number of aliphatic hydroxyl groups is 1. The molecule has 0 fully saturated rings. The van der Waals surface area contributed by atoms with Crippen LogP contribution in [0, 0.1) is 0 Å². The Morgan fingerprint density at radius 2 is 1.62 bits per heavy atom. The standard InChI is InChI=1S/C38H44N8O2/c1-5-9-24(2)40-37-43-36(39-20-8-21-46(3)4)44-38(45-37)41-28-16-12-25(13-17-28)22-26-14-18-29-30(23-26)35(48)33(34(29)47)32-19-15-27-10-6-7-11-31(27)42-32/h6-7,10-19,23-24,33-34,47H,5,8-9,20-22H2,1-4H3,(H3,39,40,41,43,44,45). The summed E-state index contributed by atoms with van der Waals surface area (Å²) >= 11 is 0. The molecule has 0 radical (unpaired) electrons. The number of aliphatic hydroxyl groups excluding tert-OH is 1. The molecular formula is C38H44N8O2. The molecule has 48 heavy (non-hydrogen) atoms. The van der Waals surface area contributed by atoms with Crippen molar-refractivity contribution < 1.29 is 9.90 Å². The molecule has 0 saturated carbocycles. The van der Waals surface area contributed by atoms with E-state index in [0.717, 1.165) is 60.1 Å². The maximum absolute atomic E-state index is 13.6. The molecule has 10 heteroatoms. The predicted octanol–water partition coefficient (Wildman–Crippen LogP) is 6.73. The number of benzene rings is 3. The van der Waals surface area contributed by atoms with Crippen molar-refractivity contribution >= 4 is 40.2 Å². The minimum absolute atomic E-state index is 0.0939. The van der Waals surface area contributed by atoms with E-state index in [1.165, 1.54) is 0 Å². The number of nitrogens with zero attached hydrogens (tertiary/aromatic N) is 5. The third-order valence-electron chi connectivity index (χ3n) is 8.65. The van der Waals surface area contributed by atoms with Crippen LogP contribution in [-0.4, -0.2) is 69.0 Å². The van der Waals surface area contributed by atoms with E-state index in [1.807, 2.05) is 66.7 Å². The van der Waals surface area contributed by atoms with E-state index in [0.29, 0.717) is 41.1 Å². The smallest absolute Gasteiger partial charge is 0.233 e. The van der Waals surface area contributed by atoms with Crippen molar-refractivity contribution in [3.63, 3.8) is 0 Å². The molecule has 1 aliphatic carbocycles. The van der Waals surface area contributed by atoms with Crippen molar-refractivity contribution in [2.75, 3.05) is 43.1 Å². The summed E-state index contributed by atoms with van der Waals surface area (Å²) in [6.45, 7) is 6.02. The van der Waals surface area contributed by atoms with Crippen molar-refractivity contribution in [2.45, 2.75) is 57.6 Å². The molecule has 0 spiro atoms. The summed E-state index contributed by atoms with van der Waals surface area (Å²) in [5.74, 6) is 0.729. The molecule has 1 aliphatic rings. The number of hydrogen-bond acceptors (Lipinski definition) is 10. The quantitative estimate of drug-likeness (QED) is 0.0966. The van der Waals surface area contributed by atoms with Gasteiger partial charge in [0.15, 0.2) is 5.78 Å². The van der Waals surface area contributed by atoms with Crippen LogP contribution in [-0.2, 0) is 6.42 Å². The Bertz CT molecular complexity index is 1880. The van der Waals surface area contributed by atoms with E-state index in [9.17, 15) is 9.90 Å². The summed E-state index contributed by atoms with van der Waals surface area (Å²) in [4.78, 5) is 34.3.